The number of pyridine rings is 2. The van der Waals surface area contributed by atoms with Gasteiger partial charge in [0.15, 0.2) is 0 Å². The molecule has 2 aromatic heterocycles. The normalized spacial score (nSPS) is 19.7. The Labute approximate surface area is 189 Å². The number of fused-ring (bicyclic) bond motifs is 5. The van der Waals surface area contributed by atoms with Gasteiger partial charge in [-0.3, -0.25) is 14.6 Å². The number of carbonyl (C=O) groups excluding carboxylic acids is 1. The fourth-order valence-electron chi connectivity index (χ4n) is 4.60. The maximum Gasteiger partial charge on any atom is 0.250 e. The lowest BCUT2D eigenvalue weighted by molar-refractivity contribution is -0.113. The molecule has 0 spiro atoms. The fraction of sp³-hybridized carbons (Fsp3) is 0.304. The number of aromatic nitrogens is 2. The minimum Gasteiger partial charge on any atom is -0.356 e. The number of thioether (sulfide) groups is 1. The Bertz CT molecular complexity index is 1230. The Morgan fingerprint density at radius 2 is 2.03 bits per heavy atom. The SMILES string of the molecule is O=C(CSC(=S)N1C[C@@H]2C[C@@H](C1)c1cccc(=O)n1C2)Nc1cnc2ccccc2c1. The highest BCUT2D eigenvalue weighted by Gasteiger charge is 2.35. The molecule has 1 saturated heterocycles. The van der Waals surface area contributed by atoms with Gasteiger partial charge in [0.05, 0.1) is 23.2 Å². The van der Waals surface area contributed by atoms with E-state index in [-0.39, 0.29) is 17.2 Å². The highest BCUT2D eigenvalue weighted by atomic mass is 32.2. The van der Waals surface area contributed by atoms with E-state index in [1.54, 1.807) is 12.3 Å². The van der Waals surface area contributed by atoms with Gasteiger partial charge >= 0.3 is 0 Å². The molecule has 4 heterocycles. The van der Waals surface area contributed by atoms with Crippen molar-refractivity contribution in [1.29, 1.82) is 0 Å². The number of carbonyl (C=O) groups is 1. The van der Waals surface area contributed by atoms with Gasteiger partial charge in [0.2, 0.25) is 5.91 Å². The van der Waals surface area contributed by atoms with Gasteiger partial charge in [0.1, 0.15) is 4.32 Å². The van der Waals surface area contributed by atoms with Crippen LogP contribution in [0, 0.1) is 5.92 Å². The molecule has 158 valence electrons. The lowest BCUT2D eigenvalue weighted by atomic mass is 9.83. The van der Waals surface area contributed by atoms with E-state index in [2.05, 4.69) is 15.2 Å². The van der Waals surface area contributed by atoms with Crippen molar-refractivity contribution in [2.24, 2.45) is 5.92 Å². The molecule has 6 nitrogen and oxygen atoms in total. The van der Waals surface area contributed by atoms with E-state index >= 15 is 0 Å². The van der Waals surface area contributed by atoms with Crippen molar-refractivity contribution in [1.82, 2.24) is 14.5 Å². The molecule has 2 bridgehead atoms. The Balaban J connectivity index is 1.19. The van der Waals surface area contributed by atoms with Crippen LogP contribution in [-0.2, 0) is 11.3 Å². The number of anilines is 1. The Hall–Kier alpha value is -2.71. The number of hydrogen-bond donors (Lipinski definition) is 1. The third-order valence-corrected chi connectivity index (χ3v) is 7.46. The van der Waals surface area contributed by atoms with Crippen LogP contribution in [0.1, 0.15) is 18.0 Å². The second-order valence-corrected chi connectivity index (χ2v) is 9.73. The summed E-state index contributed by atoms with van der Waals surface area (Å²) in [6.07, 6.45) is 2.76. The Morgan fingerprint density at radius 3 is 2.94 bits per heavy atom. The molecule has 2 aliphatic heterocycles. The molecule has 2 atom stereocenters. The van der Waals surface area contributed by atoms with Crippen LogP contribution in [0.3, 0.4) is 0 Å². The molecule has 1 aromatic carbocycles. The van der Waals surface area contributed by atoms with Crippen LogP contribution in [0.25, 0.3) is 10.9 Å². The van der Waals surface area contributed by atoms with E-state index in [0.717, 1.165) is 47.0 Å². The lowest BCUT2D eigenvalue weighted by Crippen LogP contribution is -2.48. The molecule has 0 aliphatic carbocycles. The largest absolute Gasteiger partial charge is 0.356 e. The van der Waals surface area contributed by atoms with Gasteiger partial charge in [-0.2, -0.15) is 0 Å². The van der Waals surface area contributed by atoms with Crippen LogP contribution in [0.2, 0.25) is 0 Å². The predicted molar refractivity (Wildman–Crippen MR) is 129 cm³/mol. The molecule has 0 unspecified atom stereocenters. The van der Waals surface area contributed by atoms with Crippen molar-refractivity contribution in [2.75, 3.05) is 24.2 Å². The van der Waals surface area contributed by atoms with Crippen LogP contribution < -0.4 is 10.9 Å². The van der Waals surface area contributed by atoms with E-state index in [0.29, 0.717) is 17.5 Å². The molecule has 1 fully saturated rings. The first kappa shape index (κ1) is 20.2. The summed E-state index contributed by atoms with van der Waals surface area (Å²) in [5.41, 5.74) is 2.76. The summed E-state index contributed by atoms with van der Waals surface area (Å²) in [4.78, 5) is 31.2. The highest BCUT2D eigenvalue weighted by molar-refractivity contribution is 8.23. The van der Waals surface area contributed by atoms with Gasteiger partial charge in [-0.05, 0) is 30.5 Å². The first-order valence-electron chi connectivity index (χ1n) is 10.3. The molecule has 8 heteroatoms. The highest BCUT2D eigenvalue weighted by Crippen LogP contribution is 2.36. The van der Waals surface area contributed by atoms with Crippen molar-refractivity contribution < 1.29 is 4.79 Å². The molecule has 0 radical (unpaired) electrons. The third kappa shape index (κ3) is 4.22. The van der Waals surface area contributed by atoms with Gasteiger partial charge < -0.3 is 14.8 Å². The second kappa shape index (κ2) is 8.43. The van der Waals surface area contributed by atoms with E-state index in [1.165, 1.54) is 11.8 Å². The summed E-state index contributed by atoms with van der Waals surface area (Å²) in [6, 6.07) is 15.3. The maximum absolute atomic E-state index is 12.5. The molecular formula is C23H22N4O2S2. The van der Waals surface area contributed by atoms with E-state index < -0.39 is 0 Å². The zero-order valence-corrected chi connectivity index (χ0v) is 18.5. The summed E-state index contributed by atoms with van der Waals surface area (Å²) in [5.74, 6) is 0.867. The van der Waals surface area contributed by atoms with E-state index in [4.69, 9.17) is 12.2 Å². The third-order valence-electron chi connectivity index (χ3n) is 5.94. The predicted octanol–water partition coefficient (Wildman–Crippen LogP) is 3.47. The number of nitrogens with zero attached hydrogens (tertiary/aromatic N) is 3. The average Bonchev–Trinajstić information content (AvgIpc) is 2.78. The molecule has 1 amide bonds. The summed E-state index contributed by atoms with van der Waals surface area (Å²) < 4.78 is 2.66. The molecule has 31 heavy (non-hydrogen) atoms. The van der Waals surface area contributed by atoms with Crippen molar-refractivity contribution >= 4 is 50.8 Å². The summed E-state index contributed by atoms with van der Waals surface area (Å²) in [5, 5.41) is 3.90. The fourth-order valence-corrected chi connectivity index (χ4v) is 5.58. The molecule has 1 N–H and O–H groups in total. The zero-order valence-electron chi connectivity index (χ0n) is 16.9. The number of para-hydroxylation sites is 1. The van der Waals surface area contributed by atoms with Crippen molar-refractivity contribution in [3.63, 3.8) is 0 Å². The van der Waals surface area contributed by atoms with Gasteiger partial charge in [-0.1, -0.05) is 48.2 Å². The number of amides is 1. The van der Waals surface area contributed by atoms with Crippen LogP contribution in [0.4, 0.5) is 5.69 Å². The lowest BCUT2D eigenvalue weighted by Gasteiger charge is -2.43. The van der Waals surface area contributed by atoms with Crippen LogP contribution in [0.15, 0.2) is 59.5 Å². The number of rotatable bonds is 3. The maximum atomic E-state index is 12.5. The molecule has 5 rings (SSSR count). The Morgan fingerprint density at radius 1 is 1.16 bits per heavy atom. The molecule has 3 aromatic rings. The standard InChI is InChI=1S/C23H22N4O2S2/c28-21(25-18-9-16-4-1-2-5-19(16)24-10-18)14-31-23(30)26-11-15-8-17(13-26)20-6-3-7-22(29)27(20)12-15/h1-7,9-10,15,17H,8,11-14H2,(H,25,28)/t15-,17-/m0/s1. The second-order valence-electron chi connectivity index (χ2n) is 8.12. The topological polar surface area (TPSA) is 67.2 Å². The van der Waals surface area contributed by atoms with Crippen LogP contribution >= 0.6 is 24.0 Å². The van der Waals surface area contributed by atoms with Crippen molar-refractivity contribution in [3.8, 4) is 0 Å². The minimum absolute atomic E-state index is 0.0810. The van der Waals surface area contributed by atoms with Crippen LogP contribution in [0.5, 0.6) is 0 Å². The van der Waals surface area contributed by atoms with E-state index in [1.807, 2.05) is 47.0 Å². The number of nitrogens with one attached hydrogen (secondary N) is 1. The molecular weight excluding hydrogens is 428 g/mol. The summed E-state index contributed by atoms with van der Waals surface area (Å²) >= 11 is 7.04. The first-order valence-corrected chi connectivity index (χ1v) is 11.7. The smallest absolute Gasteiger partial charge is 0.250 e. The van der Waals surface area contributed by atoms with Crippen molar-refractivity contribution in [2.45, 2.75) is 18.9 Å². The number of piperidine rings is 1. The summed E-state index contributed by atoms with van der Waals surface area (Å²) in [7, 11) is 0. The molecule has 0 saturated carbocycles. The average molecular weight is 451 g/mol. The van der Waals surface area contributed by atoms with Crippen molar-refractivity contribution in [3.05, 3.63) is 70.8 Å². The zero-order chi connectivity index (χ0) is 21.4. The van der Waals surface area contributed by atoms with Gasteiger partial charge in [0, 0.05) is 42.7 Å². The van der Waals surface area contributed by atoms with Gasteiger partial charge in [-0.15, -0.1) is 0 Å². The summed E-state index contributed by atoms with van der Waals surface area (Å²) in [6.45, 7) is 2.37. The Kier molecular flexibility index (Phi) is 5.50. The van der Waals surface area contributed by atoms with Gasteiger partial charge in [0.25, 0.3) is 5.56 Å². The van der Waals surface area contributed by atoms with E-state index in [9.17, 15) is 9.59 Å². The van der Waals surface area contributed by atoms with Crippen LogP contribution in [-0.4, -0.2) is 43.5 Å². The number of likely N-dealkylation sites (tertiary alicyclic amines) is 1. The quantitative estimate of drug-likeness (QED) is 0.617. The minimum atomic E-state index is -0.0986. The number of thiocarbonyl (C=S) groups is 1. The number of hydrogen-bond acceptors (Lipinski definition) is 5. The molecule has 2 aliphatic rings. The number of benzene rings is 1. The van der Waals surface area contributed by atoms with Gasteiger partial charge in [-0.25, -0.2) is 0 Å². The monoisotopic (exact) mass is 450 g/mol. The first-order chi connectivity index (χ1) is 15.1.